The number of hydrogen-bond donors (Lipinski definition) is 1. The Balaban J connectivity index is 1.60. The molecule has 1 aliphatic carbocycles. The first kappa shape index (κ1) is 9.47. The zero-order valence-electron chi connectivity index (χ0n) is 8.43. The van der Waals surface area contributed by atoms with Gasteiger partial charge in [-0.3, -0.25) is 0 Å². The lowest BCUT2D eigenvalue weighted by atomic mass is 9.90. The maximum absolute atomic E-state index is 5.88. The Morgan fingerprint density at radius 3 is 2.62 bits per heavy atom. The second-order valence-electron chi connectivity index (χ2n) is 4.45. The molecule has 1 heterocycles. The SMILES string of the molecule is C1CCC(CO[C@@H]2CCNC2)CC1. The van der Waals surface area contributed by atoms with E-state index in [1.54, 1.807) is 0 Å². The Morgan fingerprint density at radius 1 is 1.08 bits per heavy atom. The zero-order valence-corrected chi connectivity index (χ0v) is 8.43. The normalized spacial score (nSPS) is 30.9. The fraction of sp³-hybridized carbons (Fsp3) is 1.00. The van der Waals surface area contributed by atoms with Gasteiger partial charge in [0, 0.05) is 13.2 Å². The highest BCUT2D eigenvalue weighted by atomic mass is 16.5. The van der Waals surface area contributed by atoms with Gasteiger partial charge in [-0.15, -0.1) is 0 Å². The highest BCUT2D eigenvalue weighted by Gasteiger charge is 2.18. The molecule has 0 aromatic rings. The van der Waals surface area contributed by atoms with Crippen LogP contribution in [0.15, 0.2) is 0 Å². The van der Waals surface area contributed by atoms with Crippen LogP contribution in [-0.4, -0.2) is 25.8 Å². The van der Waals surface area contributed by atoms with Crippen molar-refractivity contribution in [1.82, 2.24) is 5.32 Å². The van der Waals surface area contributed by atoms with E-state index in [9.17, 15) is 0 Å². The number of ether oxygens (including phenoxy) is 1. The van der Waals surface area contributed by atoms with E-state index in [1.807, 2.05) is 0 Å². The predicted octanol–water partition coefficient (Wildman–Crippen LogP) is 1.95. The van der Waals surface area contributed by atoms with E-state index in [0.29, 0.717) is 6.10 Å². The monoisotopic (exact) mass is 183 g/mol. The molecule has 0 aromatic heterocycles. The van der Waals surface area contributed by atoms with E-state index < -0.39 is 0 Å². The van der Waals surface area contributed by atoms with Crippen LogP contribution in [0.1, 0.15) is 38.5 Å². The average Bonchev–Trinajstić information content (AvgIpc) is 2.69. The van der Waals surface area contributed by atoms with Gasteiger partial charge in [0.25, 0.3) is 0 Å². The second kappa shape index (κ2) is 4.97. The average molecular weight is 183 g/mol. The third-order valence-corrected chi connectivity index (χ3v) is 3.31. The summed E-state index contributed by atoms with van der Waals surface area (Å²) in [6.07, 6.45) is 8.84. The van der Waals surface area contributed by atoms with Crippen LogP contribution in [0.3, 0.4) is 0 Å². The molecular weight excluding hydrogens is 162 g/mol. The first-order valence-corrected chi connectivity index (χ1v) is 5.77. The molecule has 2 rings (SSSR count). The number of nitrogens with one attached hydrogen (secondary N) is 1. The van der Waals surface area contributed by atoms with Crippen molar-refractivity contribution in [1.29, 1.82) is 0 Å². The van der Waals surface area contributed by atoms with E-state index >= 15 is 0 Å². The van der Waals surface area contributed by atoms with Gasteiger partial charge in [0.05, 0.1) is 6.10 Å². The van der Waals surface area contributed by atoms with E-state index in [4.69, 9.17) is 4.74 Å². The van der Waals surface area contributed by atoms with Gasteiger partial charge in [0.1, 0.15) is 0 Å². The molecule has 0 aromatic carbocycles. The molecule has 2 heteroatoms. The molecule has 0 unspecified atom stereocenters. The lowest BCUT2D eigenvalue weighted by Gasteiger charge is -2.22. The Labute approximate surface area is 81.0 Å². The number of hydrogen-bond acceptors (Lipinski definition) is 2. The van der Waals surface area contributed by atoms with E-state index in [1.165, 1.54) is 38.5 Å². The lowest BCUT2D eigenvalue weighted by Crippen LogP contribution is -2.21. The van der Waals surface area contributed by atoms with Gasteiger partial charge in [-0.2, -0.15) is 0 Å². The molecule has 0 bridgehead atoms. The van der Waals surface area contributed by atoms with Gasteiger partial charge in [0.15, 0.2) is 0 Å². The first-order chi connectivity index (χ1) is 6.45. The topological polar surface area (TPSA) is 21.3 Å². The minimum atomic E-state index is 0.516. The third kappa shape index (κ3) is 2.96. The standard InChI is InChI=1S/C11H21NO/c1-2-4-10(5-3-1)9-13-11-6-7-12-8-11/h10-12H,1-9H2/t11-/m1/s1. The van der Waals surface area contributed by atoms with Crippen LogP contribution >= 0.6 is 0 Å². The largest absolute Gasteiger partial charge is 0.377 e. The van der Waals surface area contributed by atoms with Crippen molar-refractivity contribution in [2.24, 2.45) is 5.92 Å². The first-order valence-electron chi connectivity index (χ1n) is 5.77. The Hall–Kier alpha value is -0.0800. The minimum Gasteiger partial charge on any atom is -0.377 e. The zero-order chi connectivity index (χ0) is 8.93. The smallest absolute Gasteiger partial charge is 0.0711 e. The maximum atomic E-state index is 5.88. The van der Waals surface area contributed by atoms with E-state index in [2.05, 4.69) is 5.32 Å². The molecule has 2 aliphatic rings. The Morgan fingerprint density at radius 2 is 1.92 bits per heavy atom. The molecule has 2 nitrogen and oxygen atoms in total. The molecule has 0 spiro atoms. The quantitative estimate of drug-likeness (QED) is 0.722. The summed E-state index contributed by atoms with van der Waals surface area (Å²) in [6.45, 7) is 3.24. The van der Waals surface area contributed by atoms with Crippen molar-refractivity contribution >= 4 is 0 Å². The minimum absolute atomic E-state index is 0.516. The predicted molar refractivity (Wildman–Crippen MR) is 53.8 cm³/mol. The second-order valence-corrected chi connectivity index (χ2v) is 4.45. The molecule has 1 aliphatic heterocycles. The molecule has 1 saturated heterocycles. The Bertz CT molecular complexity index is 137. The molecule has 76 valence electrons. The molecule has 1 saturated carbocycles. The highest BCUT2D eigenvalue weighted by Crippen LogP contribution is 2.24. The van der Waals surface area contributed by atoms with Crippen molar-refractivity contribution in [3.63, 3.8) is 0 Å². The van der Waals surface area contributed by atoms with Crippen molar-refractivity contribution in [3.05, 3.63) is 0 Å². The highest BCUT2D eigenvalue weighted by molar-refractivity contribution is 4.72. The fourth-order valence-electron chi connectivity index (χ4n) is 2.40. The summed E-state index contributed by atoms with van der Waals surface area (Å²) in [5, 5.41) is 3.34. The van der Waals surface area contributed by atoms with Crippen LogP contribution < -0.4 is 5.32 Å². The maximum Gasteiger partial charge on any atom is 0.0711 e. The summed E-state index contributed by atoms with van der Waals surface area (Å²) in [7, 11) is 0. The molecular formula is C11H21NO. The summed E-state index contributed by atoms with van der Waals surface area (Å²) in [6, 6.07) is 0. The van der Waals surface area contributed by atoms with Crippen LogP contribution in [0.5, 0.6) is 0 Å². The van der Waals surface area contributed by atoms with Gasteiger partial charge < -0.3 is 10.1 Å². The van der Waals surface area contributed by atoms with Gasteiger partial charge >= 0.3 is 0 Å². The molecule has 1 N–H and O–H groups in total. The Kier molecular flexibility index (Phi) is 3.62. The molecule has 0 amide bonds. The van der Waals surface area contributed by atoms with Crippen LogP contribution in [0.2, 0.25) is 0 Å². The summed E-state index contributed by atoms with van der Waals surface area (Å²) < 4.78 is 5.88. The molecule has 1 atom stereocenters. The summed E-state index contributed by atoms with van der Waals surface area (Å²) >= 11 is 0. The lowest BCUT2D eigenvalue weighted by molar-refractivity contribution is 0.0321. The van der Waals surface area contributed by atoms with Crippen LogP contribution in [0.4, 0.5) is 0 Å². The molecule has 2 fully saturated rings. The molecule has 13 heavy (non-hydrogen) atoms. The van der Waals surface area contributed by atoms with E-state index in [-0.39, 0.29) is 0 Å². The van der Waals surface area contributed by atoms with Crippen LogP contribution in [-0.2, 0) is 4.74 Å². The van der Waals surface area contributed by atoms with Gasteiger partial charge in [-0.25, -0.2) is 0 Å². The summed E-state index contributed by atoms with van der Waals surface area (Å²) in [5.41, 5.74) is 0. The fourth-order valence-corrected chi connectivity index (χ4v) is 2.40. The van der Waals surface area contributed by atoms with Crippen LogP contribution in [0.25, 0.3) is 0 Å². The van der Waals surface area contributed by atoms with Crippen molar-refractivity contribution in [2.75, 3.05) is 19.7 Å². The van der Waals surface area contributed by atoms with Crippen molar-refractivity contribution < 1.29 is 4.74 Å². The van der Waals surface area contributed by atoms with E-state index in [0.717, 1.165) is 25.6 Å². The van der Waals surface area contributed by atoms with Crippen LogP contribution in [0, 0.1) is 5.92 Å². The van der Waals surface area contributed by atoms with Crippen molar-refractivity contribution in [3.8, 4) is 0 Å². The van der Waals surface area contributed by atoms with Crippen molar-refractivity contribution in [2.45, 2.75) is 44.6 Å². The molecule has 0 radical (unpaired) electrons. The summed E-state index contributed by atoms with van der Waals surface area (Å²) in [5.74, 6) is 0.870. The van der Waals surface area contributed by atoms with Gasteiger partial charge in [-0.1, -0.05) is 19.3 Å². The number of rotatable bonds is 3. The summed E-state index contributed by atoms with van der Waals surface area (Å²) in [4.78, 5) is 0. The third-order valence-electron chi connectivity index (χ3n) is 3.31. The van der Waals surface area contributed by atoms with Gasteiger partial charge in [-0.05, 0) is 31.7 Å². The van der Waals surface area contributed by atoms with Gasteiger partial charge in [0.2, 0.25) is 0 Å².